The second-order valence-electron chi connectivity index (χ2n) is 7.69. The van der Waals surface area contributed by atoms with Crippen LogP contribution in [0.25, 0.3) is 11.3 Å². The lowest BCUT2D eigenvalue weighted by Gasteiger charge is -2.23. The van der Waals surface area contributed by atoms with Crippen LogP contribution in [0.2, 0.25) is 5.02 Å². The van der Waals surface area contributed by atoms with Crippen molar-refractivity contribution in [1.82, 2.24) is 24.1 Å². The van der Waals surface area contributed by atoms with Gasteiger partial charge in [-0.25, -0.2) is 4.98 Å². The lowest BCUT2D eigenvalue weighted by Crippen LogP contribution is -3.11. The highest BCUT2D eigenvalue weighted by molar-refractivity contribution is 7.98. The van der Waals surface area contributed by atoms with Gasteiger partial charge in [-0.05, 0) is 43.5 Å². The maximum absolute atomic E-state index is 6.09. The Kier molecular flexibility index (Phi) is 5.75. The van der Waals surface area contributed by atoms with Gasteiger partial charge in [0, 0.05) is 23.8 Å². The van der Waals surface area contributed by atoms with Crippen molar-refractivity contribution in [3.63, 3.8) is 0 Å². The molecule has 1 aliphatic heterocycles. The van der Waals surface area contributed by atoms with Crippen LogP contribution in [0, 0.1) is 0 Å². The van der Waals surface area contributed by atoms with Gasteiger partial charge in [0.05, 0.1) is 23.8 Å². The maximum atomic E-state index is 6.09. The van der Waals surface area contributed by atoms with Gasteiger partial charge >= 0.3 is 0 Å². The van der Waals surface area contributed by atoms with E-state index in [0.717, 1.165) is 40.3 Å². The van der Waals surface area contributed by atoms with Gasteiger partial charge in [0.15, 0.2) is 11.0 Å². The maximum Gasteiger partial charge on any atom is 0.196 e. The summed E-state index contributed by atoms with van der Waals surface area (Å²) in [5, 5.41) is 10.7. The number of thioether (sulfide) groups is 1. The number of aromatic nitrogens is 5. The monoisotopic (exact) mass is 439 g/mol. The molecule has 0 bridgehead atoms. The number of halogens is 1. The summed E-state index contributed by atoms with van der Waals surface area (Å²) in [4.78, 5) is 6.29. The number of nitrogens with one attached hydrogen (secondary N) is 1. The first kappa shape index (κ1) is 19.6. The Bertz CT molecular complexity index is 1130. The minimum absolute atomic E-state index is 0.702. The normalized spacial score (nSPS) is 15.1. The number of benzene rings is 1. The standard InChI is InChI=1S/C22H23ClN6S/c23-17-9-10-20-24-18(14-28(20)13-17)16-30-22-26-25-21(15-27-11-5-2-6-12-27)29(22)19-7-3-1-4-8-19/h1,3-4,7-10,13-14H,2,5-6,11-12,15-16H2/p+1. The van der Waals surface area contributed by atoms with Crippen molar-refractivity contribution in [1.29, 1.82) is 0 Å². The Hall–Kier alpha value is -2.35. The number of likely N-dealkylation sites (tertiary alicyclic amines) is 1. The van der Waals surface area contributed by atoms with Gasteiger partial charge in [-0.15, -0.1) is 10.2 Å². The molecular weight excluding hydrogens is 416 g/mol. The molecule has 1 N–H and O–H groups in total. The van der Waals surface area contributed by atoms with Crippen molar-refractivity contribution in [3.05, 3.63) is 71.4 Å². The molecule has 0 saturated carbocycles. The number of rotatable bonds is 6. The summed E-state index contributed by atoms with van der Waals surface area (Å²) in [5.74, 6) is 1.75. The molecule has 6 nitrogen and oxygen atoms in total. The Morgan fingerprint density at radius 1 is 0.967 bits per heavy atom. The molecule has 0 radical (unpaired) electrons. The molecule has 154 valence electrons. The van der Waals surface area contributed by atoms with Gasteiger partial charge in [0.25, 0.3) is 0 Å². The van der Waals surface area contributed by atoms with E-state index in [0.29, 0.717) is 5.02 Å². The van der Waals surface area contributed by atoms with E-state index in [9.17, 15) is 0 Å². The molecule has 1 fully saturated rings. The summed E-state index contributed by atoms with van der Waals surface area (Å²) in [5.41, 5.74) is 3.00. The zero-order valence-corrected chi connectivity index (χ0v) is 18.2. The molecular formula is C22H24ClN6S+. The number of para-hydroxylation sites is 1. The highest BCUT2D eigenvalue weighted by Crippen LogP contribution is 2.25. The van der Waals surface area contributed by atoms with Crippen LogP contribution >= 0.6 is 23.4 Å². The number of nitrogens with zero attached hydrogens (tertiary/aromatic N) is 5. The van der Waals surface area contributed by atoms with Crippen LogP contribution in [0.1, 0.15) is 30.8 Å². The molecule has 0 unspecified atom stereocenters. The van der Waals surface area contributed by atoms with E-state index < -0.39 is 0 Å². The van der Waals surface area contributed by atoms with Gasteiger partial charge < -0.3 is 9.30 Å². The average molecular weight is 440 g/mol. The predicted octanol–water partition coefficient (Wildman–Crippen LogP) is 3.43. The molecule has 3 aromatic heterocycles. The summed E-state index contributed by atoms with van der Waals surface area (Å²) >= 11 is 7.76. The third-order valence-corrected chi connectivity index (χ3v) is 6.68. The van der Waals surface area contributed by atoms with Gasteiger partial charge in [0.1, 0.15) is 12.2 Å². The van der Waals surface area contributed by atoms with Crippen LogP contribution in [-0.2, 0) is 12.3 Å². The summed E-state index contributed by atoms with van der Waals surface area (Å²) in [7, 11) is 0. The SMILES string of the molecule is Clc1ccc2nc(CSc3nnc(C[NH+]4CCCCC4)n3-c3ccccc3)cn2c1. The van der Waals surface area contributed by atoms with Crippen molar-refractivity contribution in [2.45, 2.75) is 36.7 Å². The van der Waals surface area contributed by atoms with Gasteiger partial charge in [-0.1, -0.05) is 41.6 Å². The summed E-state index contributed by atoms with van der Waals surface area (Å²) in [6.07, 6.45) is 7.85. The van der Waals surface area contributed by atoms with Crippen LogP contribution in [0.15, 0.2) is 60.0 Å². The minimum atomic E-state index is 0.702. The van der Waals surface area contributed by atoms with Crippen LogP contribution in [0.5, 0.6) is 0 Å². The summed E-state index contributed by atoms with van der Waals surface area (Å²) < 4.78 is 4.17. The van der Waals surface area contributed by atoms with E-state index in [-0.39, 0.29) is 0 Å². The first-order valence-electron chi connectivity index (χ1n) is 10.4. The van der Waals surface area contributed by atoms with Crippen LogP contribution in [0.4, 0.5) is 0 Å². The molecule has 0 amide bonds. The molecule has 4 heterocycles. The molecule has 30 heavy (non-hydrogen) atoms. The topological polar surface area (TPSA) is 52.5 Å². The second kappa shape index (κ2) is 8.79. The molecule has 1 saturated heterocycles. The van der Waals surface area contributed by atoms with E-state index in [1.807, 2.05) is 35.0 Å². The van der Waals surface area contributed by atoms with Crippen molar-refractivity contribution >= 4 is 29.0 Å². The largest absolute Gasteiger partial charge is 0.329 e. The van der Waals surface area contributed by atoms with Crippen molar-refractivity contribution in [2.24, 2.45) is 0 Å². The number of quaternary nitrogens is 1. The molecule has 8 heteroatoms. The van der Waals surface area contributed by atoms with Crippen LogP contribution < -0.4 is 4.90 Å². The Balaban J connectivity index is 1.40. The number of hydrogen-bond donors (Lipinski definition) is 1. The fourth-order valence-corrected chi connectivity index (χ4v) is 5.04. The molecule has 5 rings (SSSR count). The second-order valence-corrected chi connectivity index (χ2v) is 9.07. The molecule has 1 aliphatic rings. The zero-order valence-electron chi connectivity index (χ0n) is 16.7. The lowest BCUT2D eigenvalue weighted by molar-refractivity contribution is -0.919. The number of piperidine rings is 1. The van der Waals surface area contributed by atoms with Gasteiger partial charge in [0.2, 0.25) is 0 Å². The Labute approximate surface area is 184 Å². The molecule has 0 atom stereocenters. The Morgan fingerprint density at radius 3 is 2.63 bits per heavy atom. The van der Waals surface area contributed by atoms with E-state index in [4.69, 9.17) is 16.6 Å². The van der Waals surface area contributed by atoms with Crippen LogP contribution in [-0.4, -0.2) is 37.2 Å². The fraction of sp³-hybridized carbons (Fsp3) is 0.318. The minimum Gasteiger partial charge on any atom is -0.329 e. The van der Waals surface area contributed by atoms with Gasteiger partial charge in [-0.3, -0.25) is 4.57 Å². The van der Waals surface area contributed by atoms with E-state index in [1.54, 1.807) is 16.7 Å². The summed E-state index contributed by atoms with van der Waals surface area (Å²) in [6, 6.07) is 14.2. The highest BCUT2D eigenvalue weighted by atomic mass is 35.5. The third-order valence-electron chi connectivity index (χ3n) is 5.50. The summed E-state index contributed by atoms with van der Waals surface area (Å²) in [6.45, 7) is 3.34. The molecule has 4 aromatic rings. The quantitative estimate of drug-likeness (QED) is 0.468. The van der Waals surface area contributed by atoms with Crippen molar-refractivity contribution in [3.8, 4) is 5.69 Å². The predicted molar refractivity (Wildman–Crippen MR) is 119 cm³/mol. The third kappa shape index (κ3) is 4.24. The lowest BCUT2D eigenvalue weighted by atomic mass is 10.1. The van der Waals surface area contributed by atoms with E-state index >= 15 is 0 Å². The molecule has 0 aliphatic carbocycles. The first-order chi connectivity index (χ1) is 14.8. The Morgan fingerprint density at radius 2 is 1.80 bits per heavy atom. The number of pyridine rings is 1. The zero-order chi connectivity index (χ0) is 20.3. The van der Waals surface area contributed by atoms with Gasteiger partial charge in [-0.2, -0.15) is 0 Å². The van der Waals surface area contributed by atoms with E-state index in [2.05, 4.69) is 39.0 Å². The van der Waals surface area contributed by atoms with Crippen LogP contribution in [0.3, 0.4) is 0 Å². The number of fused-ring (bicyclic) bond motifs is 1. The number of imidazole rings is 1. The average Bonchev–Trinajstić information content (AvgIpc) is 3.36. The fourth-order valence-electron chi connectivity index (χ4n) is 4.02. The highest BCUT2D eigenvalue weighted by Gasteiger charge is 2.21. The first-order valence-corrected chi connectivity index (χ1v) is 11.7. The smallest absolute Gasteiger partial charge is 0.196 e. The van der Waals surface area contributed by atoms with Crippen molar-refractivity contribution < 1.29 is 4.90 Å². The molecule has 0 spiro atoms. The number of hydrogen-bond acceptors (Lipinski definition) is 4. The molecule has 1 aromatic carbocycles. The van der Waals surface area contributed by atoms with E-state index in [1.165, 1.54) is 32.4 Å². The van der Waals surface area contributed by atoms with Crippen molar-refractivity contribution in [2.75, 3.05) is 13.1 Å².